The minimum absolute atomic E-state index is 0.00507. The third kappa shape index (κ3) is 4.23. The van der Waals surface area contributed by atoms with Gasteiger partial charge in [-0.05, 0) is 37.3 Å². The molecule has 0 fully saturated rings. The van der Waals surface area contributed by atoms with E-state index in [1.54, 1.807) is 36.7 Å². The van der Waals surface area contributed by atoms with Crippen molar-refractivity contribution >= 4 is 39.3 Å². The van der Waals surface area contributed by atoms with E-state index in [0.717, 1.165) is 21.6 Å². The smallest absolute Gasteiger partial charge is 0.493 e. The molecule has 2 aromatic carbocycles. The summed E-state index contributed by atoms with van der Waals surface area (Å²) in [6, 6.07) is 8.04. The summed E-state index contributed by atoms with van der Waals surface area (Å²) in [5.74, 6) is -0.170. The number of aryl methyl sites for hydroxylation is 1. The molecule has 0 unspecified atom stereocenters. The lowest BCUT2D eigenvalue weighted by molar-refractivity contribution is 0.102. The Balaban J connectivity index is 1.90. The fourth-order valence-electron chi connectivity index (χ4n) is 2.76. The van der Waals surface area contributed by atoms with Crippen LogP contribution in [0.15, 0.2) is 35.1 Å². The van der Waals surface area contributed by atoms with Crippen LogP contribution >= 0.6 is 11.3 Å². The molecule has 30 heavy (non-hydrogen) atoms. The highest BCUT2D eigenvalue weighted by Crippen LogP contribution is 2.39. The monoisotopic (exact) mass is 432 g/mol. The third-order valence-electron chi connectivity index (χ3n) is 4.22. The van der Waals surface area contributed by atoms with Gasteiger partial charge in [0.2, 0.25) is 5.75 Å². The van der Waals surface area contributed by atoms with E-state index in [2.05, 4.69) is 5.32 Å². The van der Waals surface area contributed by atoms with Gasteiger partial charge >= 0.3 is 11.0 Å². The van der Waals surface area contributed by atoms with Crippen LogP contribution in [0, 0.1) is 0 Å². The summed E-state index contributed by atoms with van der Waals surface area (Å²) in [5.41, 5.74) is 1.53. The van der Waals surface area contributed by atoms with Crippen molar-refractivity contribution < 1.29 is 28.5 Å². The van der Waals surface area contributed by atoms with Crippen LogP contribution in [0.5, 0.6) is 17.2 Å². The van der Waals surface area contributed by atoms with Gasteiger partial charge < -0.3 is 28.8 Å². The van der Waals surface area contributed by atoms with E-state index in [0.29, 0.717) is 5.69 Å². The number of nitrogens with one attached hydrogen (secondary N) is 1. The normalized spacial score (nSPS) is 10.5. The number of amides is 1. The predicted molar refractivity (Wildman–Crippen MR) is 112 cm³/mol. The number of thiazole rings is 1. The first-order valence-electron chi connectivity index (χ1n) is 8.89. The zero-order chi connectivity index (χ0) is 21.8. The Hall–Kier alpha value is -3.53. The third-order valence-corrected chi connectivity index (χ3v) is 5.22. The van der Waals surface area contributed by atoms with Crippen LogP contribution < -0.4 is 24.4 Å². The molecule has 0 aliphatic carbocycles. The number of nitrogens with zero attached hydrogens (tertiary/aromatic N) is 1. The number of ether oxygens (including phenoxy) is 4. The number of hydrogen-bond acceptors (Lipinski definition) is 8. The molecule has 3 rings (SSSR count). The molecular formula is C20H20N2O7S. The molecule has 0 bridgehead atoms. The number of rotatable bonds is 6. The average Bonchev–Trinajstić information content (AvgIpc) is 3.01. The van der Waals surface area contributed by atoms with Crippen LogP contribution in [0.2, 0.25) is 0 Å². The minimum Gasteiger partial charge on any atom is -0.493 e. The van der Waals surface area contributed by atoms with Crippen LogP contribution in [0.1, 0.15) is 17.3 Å². The summed E-state index contributed by atoms with van der Waals surface area (Å²) in [7, 11) is 4.44. The maximum Gasteiger partial charge on any atom is 0.514 e. The Morgan fingerprint density at radius 3 is 2.37 bits per heavy atom. The van der Waals surface area contributed by atoms with Gasteiger partial charge in [0.1, 0.15) is 0 Å². The van der Waals surface area contributed by atoms with E-state index in [4.69, 9.17) is 18.9 Å². The Labute approximate surface area is 175 Å². The predicted octanol–water partition coefficient (Wildman–Crippen LogP) is 3.40. The van der Waals surface area contributed by atoms with Gasteiger partial charge in [-0.1, -0.05) is 11.3 Å². The second kappa shape index (κ2) is 8.87. The van der Waals surface area contributed by atoms with Gasteiger partial charge in [-0.25, -0.2) is 4.79 Å². The van der Waals surface area contributed by atoms with E-state index in [-0.39, 0.29) is 34.3 Å². The average molecular weight is 432 g/mol. The van der Waals surface area contributed by atoms with Gasteiger partial charge in [0.15, 0.2) is 11.5 Å². The number of aromatic nitrogens is 1. The molecule has 0 radical (unpaired) electrons. The molecule has 0 aliphatic rings. The van der Waals surface area contributed by atoms with Crippen molar-refractivity contribution in [3.63, 3.8) is 0 Å². The highest BCUT2D eigenvalue weighted by atomic mass is 32.1. The first-order chi connectivity index (χ1) is 14.4. The summed E-state index contributed by atoms with van der Waals surface area (Å²) >= 11 is 1.10. The molecular weight excluding hydrogens is 412 g/mol. The standard InChI is InChI=1S/C20H20N2O7S/c1-5-28-20(25)29-17-14(26-3)8-11(9-15(17)27-4)18(23)21-12-6-7-13-16(10-12)30-19(24)22(13)2/h6-10H,5H2,1-4H3,(H,21,23). The zero-order valence-electron chi connectivity index (χ0n) is 16.8. The van der Waals surface area contributed by atoms with E-state index in [1.807, 2.05) is 0 Å². The van der Waals surface area contributed by atoms with Gasteiger partial charge in [-0.3, -0.25) is 9.59 Å². The Kier molecular flexibility index (Phi) is 6.26. The van der Waals surface area contributed by atoms with Crippen LogP contribution in [0.25, 0.3) is 10.2 Å². The second-order valence-electron chi connectivity index (χ2n) is 6.06. The molecule has 1 amide bonds. The maximum atomic E-state index is 12.8. The summed E-state index contributed by atoms with van der Waals surface area (Å²) in [5, 5.41) is 2.78. The summed E-state index contributed by atoms with van der Waals surface area (Å²) < 4.78 is 22.7. The molecule has 0 saturated heterocycles. The fourth-order valence-corrected chi connectivity index (χ4v) is 3.68. The van der Waals surface area contributed by atoms with Gasteiger partial charge in [-0.15, -0.1) is 0 Å². The van der Waals surface area contributed by atoms with Crippen molar-refractivity contribution in [1.29, 1.82) is 0 Å². The topological polar surface area (TPSA) is 105 Å². The largest absolute Gasteiger partial charge is 0.514 e. The number of methoxy groups -OCH3 is 2. The van der Waals surface area contributed by atoms with Crippen molar-refractivity contribution in [2.75, 3.05) is 26.1 Å². The van der Waals surface area contributed by atoms with Crippen molar-refractivity contribution in [3.8, 4) is 17.2 Å². The number of carbonyl (C=O) groups excluding carboxylic acids is 2. The van der Waals surface area contributed by atoms with Crippen molar-refractivity contribution in [3.05, 3.63) is 45.6 Å². The van der Waals surface area contributed by atoms with E-state index < -0.39 is 12.1 Å². The molecule has 158 valence electrons. The highest BCUT2D eigenvalue weighted by molar-refractivity contribution is 7.16. The van der Waals surface area contributed by atoms with Crippen molar-refractivity contribution in [2.24, 2.45) is 7.05 Å². The highest BCUT2D eigenvalue weighted by Gasteiger charge is 2.21. The Morgan fingerprint density at radius 2 is 1.77 bits per heavy atom. The molecule has 0 spiro atoms. The number of hydrogen-bond donors (Lipinski definition) is 1. The van der Waals surface area contributed by atoms with Gasteiger partial charge in [0, 0.05) is 18.3 Å². The second-order valence-corrected chi connectivity index (χ2v) is 7.05. The lowest BCUT2D eigenvalue weighted by Gasteiger charge is -2.15. The van der Waals surface area contributed by atoms with Crippen LogP contribution in [-0.4, -0.2) is 37.5 Å². The SMILES string of the molecule is CCOC(=O)Oc1c(OC)cc(C(=O)Nc2ccc3c(c2)sc(=O)n3C)cc1OC. The lowest BCUT2D eigenvalue weighted by atomic mass is 10.1. The summed E-state index contributed by atoms with van der Waals surface area (Å²) in [6.07, 6.45) is -0.915. The molecule has 0 saturated carbocycles. The minimum atomic E-state index is -0.915. The molecule has 0 aliphatic heterocycles. The van der Waals surface area contributed by atoms with Crippen LogP contribution in [-0.2, 0) is 11.8 Å². The molecule has 1 N–H and O–H groups in total. The van der Waals surface area contributed by atoms with Crippen LogP contribution in [0.3, 0.4) is 0 Å². The van der Waals surface area contributed by atoms with Crippen molar-refractivity contribution in [1.82, 2.24) is 4.57 Å². The molecule has 3 aromatic rings. The lowest BCUT2D eigenvalue weighted by Crippen LogP contribution is -2.14. The Bertz CT molecular complexity index is 1140. The Morgan fingerprint density at radius 1 is 1.10 bits per heavy atom. The molecule has 10 heteroatoms. The summed E-state index contributed by atoms with van der Waals surface area (Å²) in [4.78, 5) is 36.2. The van der Waals surface area contributed by atoms with E-state index in [1.165, 1.54) is 26.4 Å². The molecule has 0 atom stereocenters. The fraction of sp³-hybridized carbons (Fsp3) is 0.250. The van der Waals surface area contributed by atoms with Gasteiger partial charge in [0.05, 0.1) is 31.0 Å². The number of anilines is 1. The first-order valence-corrected chi connectivity index (χ1v) is 9.71. The van der Waals surface area contributed by atoms with Crippen molar-refractivity contribution in [2.45, 2.75) is 6.92 Å². The number of benzene rings is 2. The maximum absolute atomic E-state index is 12.8. The molecule has 1 aromatic heterocycles. The molecule has 1 heterocycles. The quantitative estimate of drug-likeness (QED) is 0.470. The number of carbonyl (C=O) groups is 2. The van der Waals surface area contributed by atoms with Gasteiger partial charge in [0.25, 0.3) is 5.91 Å². The number of fused-ring (bicyclic) bond motifs is 1. The molecule has 9 nitrogen and oxygen atoms in total. The van der Waals surface area contributed by atoms with Gasteiger partial charge in [-0.2, -0.15) is 0 Å². The summed E-state index contributed by atoms with van der Waals surface area (Å²) in [6.45, 7) is 1.79. The van der Waals surface area contributed by atoms with E-state index in [9.17, 15) is 14.4 Å². The van der Waals surface area contributed by atoms with Crippen LogP contribution in [0.4, 0.5) is 10.5 Å². The van der Waals surface area contributed by atoms with E-state index >= 15 is 0 Å². The first kappa shape index (κ1) is 21.2. The zero-order valence-corrected chi connectivity index (χ0v) is 17.6.